The lowest BCUT2D eigenvalue weighted by Crippen LogP contribution is -2.07. The molecular weight excluding hydrogens is 424 g/mol. The molecule has 0 unspecified atom stereocenters. The molecule has 0 aliphatic rings. The summed E-state index contributed by atoms with van der Waals surface area (Å²) in [5.41, 5.74) is -1.01. The average Bonchev–Trinajstić information content (AvgIpc) is 2.77. The van der Waals surface area contributed by atoms with E-state index in [-0.39, 0.29) is 10.5 Å². The van der Waals surface area contributed by atoms with Crippen LogP contribution in [-0.2, 0) is 9.84 Å². The molecule has 0 atom stereocenters. The van der Waals surface area contributed by atoms with E-state index >= 15 is 0 Å². The van der Waals surface area contributed by atoms with Crippen LogP contribution in [0.25, 0.3) is 12.2 Å². The van der Waals surface area contributed by atoms with Crippen LogP contribution in [-0.4, -0.2) is 25.4 Å². The van der Waals surface area contributed by atoms with Crippen molar-refractivity contribution in [2.75, 3.05) is 7.11 Å². The van der Waals surface area contributed by atoms with Crippen LogP contribution in [0.4, 0.5) is 11.4 Å². The van der Waals surface area contributed by atoms with Crippen molar-refractivity contribution < 1.29 is 23.0 Å². The third-order valence-electron chi connectivity index (χ3n) is 4.41. The molecule has 0 N–H and O–H groups in total. The summed E-state index contributed by atoms with van der Waals surface area (Å²) in [7, 11) is -2.77. The zero-order valence-corrected chi connectivity index (χ0v) is 17.0. The summed E-state index contributed by atoms with van der Waals surface area (Å²) in [5, 5.41) is 22.9. The summed E-state index contributed by atoms with van der Waals surface area (Å²) < 4.78 is 31.5. The molecule has 0 saturated carbocycles. The largest absolute Gasteiger partial charge is 0.497 e. The number of hydrogen-bond acceptors (Lipinski definition) is 7. The van der Waals surface area contributed by atoms with Gasteiger partial charge < -0.3 is 4.74 Å². The molecule has 3 aromatic carbocycles. The zero-order valence-electron chi connectivity index (χ0n) is 16.2. The summed E-state index contributed by atoms with van der Waals surface area (Å²) >= 11 is 0. The Morgan fingerprint density at radius 1 is 0.871 bits per heavy atom. The molecule has 0 amide bonds. The van der Waals surface area contributed by atoms with Crippen LogP contribution in [0.5, 0.6) is 5.75 Å². The Bertz CT molecular complexity index is 1270. The fourth-order valence-electron chi connectivity index (χ4n) is 2.87. The lowest BCUT2D eigenvalue weighted by atomic mass is 10.1. The van der Waals surface area contributed by atoms with Gasteiger partial charge in [0.15, 0.2) is 0 Å². The van der Waals surface area contributed by atoms with Crippen molar-refractivity contribution in [3.05, 3.63) is 98.1 Å². The molecule has 0 bridgehead atoms. The van der Waals surface area contributed by atoms with E-state index in [2.05, 4.69) is 0 Å². The van der Waals surface area contributed by atoms with Gasteiger partial charge in [0.2, 0.25) is 9.84 Å². The Labute approximate surface area is 177 Å². The number of sulfone groups is 1. The zero-order chi connectivity index (χ0) is 22.6. The Morgan fingerprint density at radius 2 is 1.52 bits per heavy atom. The van der Waals surface area contributed by atoms with Crippen LogP contribution in [0, 0.1) is 20.2 Å². The summed E-state index contributed by atoms with van der Waals surface area (Å²) in [6.07, 6.45) is 2.75. The van der Waals surface area contributed by atoms with Crippen molar-refractivity contribution in [2.45, 2.75) is 9.79 Å². The van der Waals surface area contributed by atoms with E-state index < -0.39 is 36.0 Å². The van der Waals surface area contributed by atoms with Gasteiger partial charge in [0, 0.05) is 6.07 Å². The third-order valence-corrected chi connectivity index (χ3v) is 6.22. The van der Waals surface area contributed by atoms with Crippen LogP contribution < -0.4 is 4.74 Å². The number of nitro groups is 2. The van der Waals surface area contributed by atoms with Crippen LogP contribution in [0.2, 0.25) is 0 Å². The Kier molecular flexibility index (Phi) is 6.12. The van der Waals surface area contributed by atoms with E-state index in [9.17, 15) is 28.6 Å². The number of rotatable bonds is 7. The minimum absolute atomic E-state index is 0.135. The summed E-state index contributed by atoms with van der Waals surface area (Å²) in [6, 6.07) is 15.5. The quantitative estimate of drug-likeness (QED) is 0.300. The fourth-order valence-corrected chi connectivity index (χ4v) is 4.37. The van der Waals surface area contributed by atoms with E-state index in [0.29, 0.717) is 11.3 Å². The minimum atomic E-state index is -4.28. The van der Waals surface area contributed by atoms with Crippen LogP contribution in [0.3, 0.4) is 0 Å². The molecule has 0 fully saturated rings. The van der Waals surface area contributed by atoms with Crippen LogP contribution in [0.15, 0.2) is 76.5 Å². The molecule has 10 heteroatoms. The number of non-ortho nitro benzene ring substituents is 1. The van der Waals surface area contributed by atoms with Crippen molar-refractivity contribution in [3.8, 4) is 5.75 Å². The maximum atomic E-state index is 13.2. The van der Waals surface area contributed by atoms with Crippen molar-refractivity contribution in [3.63, 3.8) is 0 Å². The molecular formula is C21H16N2O7S. The third kappa shape index (κ3) is 4.59. The first kappa shape index (κ1) is 21.7. The second kappa shape index (κ2) is 8.76. The lowest BCUT2D eigenvalue weighted by molar-refractivity contribution is -0.394. The number of nitrogens with zero attached hydrogens (tertiary/aromatic N) is 2. The van der Waals surface area contributed by atoms with Gasteiger partial charge in [-0.15, -0.1) is 0 Å². The van der Waals surface area contributed by atoms with Crippen LogP contribution in [0.1, 0.15) is 11.1 Å². The molecule has 0 saturated heterocycles. The van der Waals surface area contributed by atoms with Gasteiger partial charge in [-0.25, -0.2) is 8.42 Å². The topological polar surface area (TPSA) is 130 Å². The summed E-state index contributed by atoms with van der Waals surface area (Å²) in [6.45, 7) is 0. The number of benzene rings is 3. The molecule has 3 rings (SSSR count). The number of nitro benzene ring substituents is 2. The van der Waals surface area contributed by atoms with Crippen molar-refractivity contribution >= 4 is 33.4 Å². The predicted molar refractivity (Wildman–Crippen MR) is 114 cm³/mol. The van der Waals surface area contributed by atoms with Crippen molar-refractivity contribution in [1.29, 1.82) is 0 Å². The highest BCUT2D eigenvalue weighted by atomic mass is 32.2. The molecule has 158 valence electrons. The first-order valence-electron chi connectivity index (χ1n) is 8.83. The van der Waals surface area contributed by atoms with Gasteiger partial charge in [-0.2, -0.15) is 0 Å². The summed E-state index contributed by atoms with van der Waals surface area (Å²) in [4.78, 5) is 20.6. The van der Waals surface area contributed by atoms with Gasteiger partial charge in [-0.1, -0.05) is 36.4 Å². The fraction of sp³-hybridized carbons (Fsp3) is 0.0476. The molecule has 3 aromatic rings. The van der Waals surface area contributed by atoms with Crippen molar-refractivity contribution in [1.82, 2.24) is 0 Å². The van der Waals surface area contributed by atoms with Gasteiger partial charge in [-0.3, -0.25) is 20.2 Å². The second-order valence-corrected chi connectivity index (χ2v) is 8.23. The second-order valence-electron chi connectivity index (χ2n) is 6.31. The standard InChI is InChI=1S/C21H16N2O7S/c1-30-17-10-7-15(8-11-17)9-12-19-20(23(26)27)13-16(22(24)25)14-21(19)31(28,29)18-5-3-2-4-6-18/h2-14H,1H3/b12-9+. The van der Waals surface area contributed by atoms with E-state index in [1.165, 1.54) is 43.5 Å². The van der Waals surface area contributed by atoms with Crippen molar-refractivity contribution in [2.24, 2.45) is 0 Å². The number of hydrogen-bond donors (Lipinski definition) is 0. The van der Waals surface area contributed by atoms with Gasteiger partial charge in [0.05, 0.1) is 38.4 Å². The summed E-state index contributed by atoms with van der Waals surface area (Å²) in [5.74, 6) is 0.603. The maximum Gasteiger partial charge on any atom is 0.284 e. The minimum Gasteiger partial charge on any atom is -0.497 e. The average molecular weight is 440 g/mol. The van der Waals surface area contributed by atoms with Gasteiger partial charge in [-0.05, 0) is 35.9 Å². The van der Waals surface area contributed by atoms with E-state index in [0.717, 1.165) is 12.1 Å². The molecule has 31 heavy (non-hydrogen) atoms. The normalized spacial score (nSPS) is 11.4. The maximum absolute atomic E-state index is 13.2. The first-order chi connectivity index (χ1) is 14.7. The highest BCUT2D eigenvalue weighted by molar-refractivity contribution is 7.91. The monoisotopic (exact) mass is 440 g/mol. The first-order valence-corrected chi connectivity index (χ1v) is 10.3. The van der Waals surface area contributed by atoms with Gasteiger partial charge in [0.25, 0.3) is 11.4 Å². The molecule has 0 aliphatic carbocycles. The molecule has 0 radical (unpaired) electrons. The molecule has 0 aliphatic heterocycles. The Balaban J connectivity index is 2.25. The lowest BCUT2D eigenvalue weighted by Gasteiger charge is -2.09. The SMILES string of the molecule is COc1ccc(/C=C/c2c([N+](=O)[O-])cc([N+](=O)[O-])cc2S(=O)(=O)c2ccccc2)cc1. The van der Waals surface area contributed by atoms with E-state index in [1.807, 2.05) is 0 Å². The Morgan fingerprint density at radius 3 is 2.06 bits per heavy atom. The molecule has 0 spiro atoms. The molecule has 0 heterocycles. The van der Waals surface area contributed by atoms with E-state index in [1.54, 1.807) is 30.3 Å². The number of ether oxygens (including phenoxy) is 1. The smallest absolute Gasteiger partial charge is 0.284 e. The Hall–Kier alpha value is -4.05. The van der Waals surface area contributed by atoms with Gasteiger partial charge in [0.1, 0.15) is 5.75 Å². The highest BCUT2D eigenvalue weighted by Gasteiger charge is 2.30. The van der Waals surface area contributed by atoms with E-state index in [4.69, 9.17) is 4.74 Å². The highest BCUT2D eigenvalue weighted by Crippen LogP contribution is 2.36. The number of methoxy groups -OCH3 is 1. The molecule has 9 nitrogen and oxygen atoms in total. The van der Waals surface area contributed by atoms with Gasteiger partial charge >= 0.3 is 0 Å². The van der Waals surface area contributed by atoms with Crippen LogP contribution >= 0.6 is 0 Å². The predicted octanol–water partition coefficient (Wildman–Crippen LogP) is 4.51. The molecule has 0 aromatic heterocycles.